The van der Waals surface area contributed by atoms with Crippen molar-refractivity contribution in [2.24, 2.45) is 0 Å². The summed E-state index contributed by atoms with van der Waals surface area (Å²) in [6.07, 6.45) is 7.07. The molecule has 0 bridgehead atoms. The monoisotopic (exact) mass is 256 g/mol. The summed E-state index contributed by atoms with van der Waals surface area (Å²) in [5.41, 5.74) is 0. The van der Waals surface area contributed by atoms with Gasteiger partial charge in [-0.15, -0.1) is 24.0 Å². The maximum Gasteiger partial charge on any atom is 0.348 e. The maximum absolute atomic E-state index is 11.8. The molecule has 0 radical (unpaired) electrons. The summed E-state index contributed by atoms with van der Waals surface area (Å²) in [6.45, 7) is 0. The van der Waals surface area contributed by atoms with Crippen LogP contribution in [0.5, 0.6) is 0 Å². The van der Waals surface area contributed by atoms with Gasteiger partial charge in [0.1, 0.15) is 11.0 Å². The fraction of sp³-hybridized carbons (Fsp3) is 0.583. The molecule has 1 aromatic heterocycles. The van der Waals surface area contributed by atoms with E-state index in [0.29, 0.717) is 4.88 Å². The van der Waals surface area contributed by atoms with E-state index in [1.54, 1.807) is 6.07 Å². The van der Waals surface area contributed by atoms with Crippen molar-refractivity contribution in [1.82, 2.24) is 0 Å². The van der Waals surface area contributed by atoms with Gasteiger partial charge < -0.3 is 4.74 Å². The van der Waals surface area contributed by atoms with E-state index in [0.717, 1.165) is 17.7 Å². The normalized spacial score (nSPS) is 18.1. The molecular formula is C12H16O2S2. The number of ether oxygens (including phenoxy) is 1. The molecule has 1 saturated carbocycles. The molecule has 0 aliphatic heterocycles. The van der Waals surface area contributed by atoms with E-state index in [-0.39, 0.29) is 12.1 Å². The molecule has 1 heterocycles. The largest absolute Gasteiger partial charge is 0.458 e. The third-order valence-corrected chi connectivity index (χ3v) is 4.21. The van der Waals surface area contributed by atoms with Crippen molar-refractivity contribution < 1.29 is 9.53 Å². The zero-order valence-corrected chi connectivity index (χ0v) is 10.9. The molecule has 88 valence electrons. The lowest BCUT2D eigenvalue weighted by Crippen LogP contribution is -2.16. The summed E-state index contributed by atoms with van der Waals surface area (Å²) in [5.74, 6) is -0.183. The average molecular weight is 256 g/mol. The minimum absolute atomic E-state index is 0.125. The van der Waals surface area contributed by atoms with Gasteiger partial charge >= 0.3 is 5.97 Å². The highest BCUT2D eigenvalue weighted by molar-refractivity contribution is 7.80. The van der Waals surface area contributed by atoms with Gasteiger partial charge in [-0.05, 0) is 31.7 Å². The van der Waals surface area contributed by atoms with E-state index >= 15 is 0 Å². The van der Waals surface area contributed by atoms with Gasteiger partial charge in [0.2, 0.25) is 0 Å². The van der Waals surface area contributed by atoms with Gasteiger partial charge in [-0.3, -0.25) is 0 Å². The lowest BCUT2D eigenvalue weighted by molar-refractivity contribution is 0.0273. The average Bonchev–Trinajstić information content (AvgIpc) is 2.54. The molecule has 0 N–H and O–H groups in total. The second-order valence-corrected chi connectivity index (χ2v) is 5.62. The smallest absolute Gasteiger partial charge is 0.348 e. The molecule has 1 aliphatic rings. The summed E-state index contributed by atoms with van der Waals surface area (Å²) >= 11 is 5.59. The van der Waals surface area contributed by atoms with Gasteiger partial charge in [-0.25, -0.2) is 4.79 Å². The Morgan fingerprint density at radius 3 is 2.56 bits per heavy atom. The van der Waals surface area contributed by atoms with Crippen LogP contribution in [0.1, 0.15) is 48.2 Å². The highest BCUT2D eigenvalue weighted by atomic mass is 32.1. The summed E-state index contributed by atoms with van der Waals surface area (Å²) in [5, 5.41) is 1.85. The van der Waals surface area contributed by atoms with Crippen LogP contribution >= 0.6 is 24.0 Å². The molecule has 16 heavy (non-hydrogen) atoms. The summed E-state index contributed by atoms with van der Waals surface area (Å²) in [7, 11) is 0. The van der Waals surface area contributed by atoms with E-state index < -0.39 is 0 Å². The first-order chi connectivity index (χ1) is 7.75. The standard InChI is InChI=1S/C12H16O2S2/c13-12(11-7-10(15)8-16-11)14-9-5-3-1-2-4-6-9/h7-9,15H,1-6H2. The molecule has 0 saturated heterocycles. The Kier molecular flexibility index (Phi) is 4.29. The predicted octanol–water partition coefficient (Wildman–Crippen LogP) is 3.92. The van der Waals surface area contributed by atoms with Crippen molar-refractivity contribution in [1.29, 1.82) is 0 Å². The molecule has 0 amide bonds. The van der Waals surface area contributed by atoms with Crippen LogP contribution in [-0.4, -0.2) is 12.1 Å². The van der Waals surface area contributed by atoms with E-state index in [9.17, 15) is 4.79 Å². The fourth-order valence-corrected chi connectivity index (χ4v) is 3.03. The molecular weight excluding hydrogens is 240 g/mol. The first-order valence-electron chi connectivity index (χ1n) is 5.74. The Bertz CT molecular complexity index is 352. The Morgan fingerprint density at radius 2 is 2.00 bits per heavy atom. The third-order valence-electron chi connectivity index (χ3n) is 2.86. The van der Waals surface area contributed by atoms with Crippen LogP contribution in [0.4, 0.5) is 0 Å². The third kappa shape index (κ3) is 3.25. The number of rotatable bonds is 2. The minimum Gasteiger partial charge on any atom is -0.458 e. The molecule has 0 aromatic carbocycles. The Balaban J connectivity index is 1.90. The molecule has 0 unspecified atom stereocenters. The first kappa shape index (κ1) is 12.0. The van der Waals surface area contributed by atoms with Crippen molar-refractivity contribution >= 4 is 29.9 Å². The number of hydrogen-bond acceptors (Lipinski definition) is 4. The van der Waals surface area contributed by atoms with Crippen molar-refractivity contribution in [3.8, 4) is 0 Å². The predicted molar refractivity (Wildman–Crippen MR) is 68.5 cm³/mol. The van der Waals surface area contributed by atoms with E-state index in [2.05, 4.69) is 12.6 Å². The van der Waals surface area contributed by atoms with Gasteiger partial charge in [0.15, 0.2) is 0 Å². The zero-order chi connectivity index (χ0) is 11.4. The minimum atomic E-state index is -0.183. The Hall–Kier alpha value is -0.480. The number of esters is 1. The number of thiol groups is 1. The number of thiophene rings is 1. The lowest BCUT2D eigenvalue weighted by atomic mass is 10.1. The van der Waals surface area contributed by atoms with Crippen molar-refractivity contribution in [3.05, 3.63) is 16.3 Å². The highest BCUT2D eigenvalue weighted by Gasteiger charge is 2.18. The zero-order valence-electron chi connectivity index (χ0n) is 9.15. The maximum atomic E-state index is 11.8. The number of carbonyl (C=O) groups is 1. The van der Waals surface area contributed by atoms with Crippen molar-refractivity contribution in [3.63, 3.8) is 0 Å². The SMILES string of the molecule is O=C(OC1CCCCCC1)c1cc(S)cs1. The molecule has 1 aliphatic carbocycles. The van der Waals surface area contributed by atoms with Crippen LogP contribution in [0.2, 0.25) is 0 Å². The molecule has 1 aromatic rings. The van der Waals surface area contributed by atoms with Crippen LogP contribution in [-0.2, 0) is 4.74 Å². The second-order valence-electron chi connectivity index (χ2n) is 4.19. The van der Waals surface area contributed by atoms with Gasteiger partial charge in [-0.1, -0.05) is 12.8 Å². The number of carbonyl (C=O) groups excluding carboxylic acids is 1. The van der Waals surface area contributed by atoms with E-state index in [1.807, 2.05) is 5.38 Å². The van der Waals surface area contributed by atoms with Crippen LogP contribution in [0.3, 0.4) is 0 Å². The van der Waals surface area contributed by atoms with Crippen LogP contribution in [0, 0.1) is 0 Å². The second kappa shape index (κ2) is 5.73. The molecule has 1 fully saturated rings. The topological polar surface area (TPSA) is 26.3 Å². The highest BCUT2D eigenvalue weighted by Crippen LogP contribution is 2.23. The quantitative estimate of drug-likeness (QED) is 0.493. The van der Waals surface area contributed by atoms with Crippen molar-refractivity contribution in [2.75, 3.05) is 0 Å². The first-order valence-corrected chi connectivity index (χ1v) is 7.07. The van der Waals surface area contributed by atoms with Crippen molar-refractivity contribution in [2.45, 2.75) is 49.5 Å². The molecule has 2 nitrogen and oxygen atoms in total. The van der Waals surface area contributed by atoms with Crippen LogP contribution < -0.4 is 0 Å². The van der Waals surface area contributed by atoms with Gasteiger partial charge in [0, 0.05) is 10.3 Å². The number of hydrogen-bond donors (Lipinski definition) is 1. The van der Waals surface area contributed by atoms with E-state index in [4.69, 9.17) is 4.74 Å². The van der Waals surface area contributed by atoms with Gasteiger partial charge in [0.05, 0.1) is 0 Å². The Labute approximate surface area is 105 Å². The molecule has 4 heteroatoms. The van der Waals surface area contributed by atoms with Crippen LogP contribution in [0.25, 0.3) is 0 Å². The molecule has 0 atom stereocenters. The van der Waals surface area contributed by atoms with Crippen LogP contribution in [0.15, 0.2) is 16.3 Å². The van der Waals surface area contributed by atoms with E-state index in [1.165, 1.54) is 37.0 Å². The molecule has 2 rings (SSSR count). The summed E-state index contributed by atoms with van der Waals surface area (Å²) < 4.78 is 5.51. The van der Waals surface area contributed by atoms with Gasteiger partial charge in [-0.2, -0.15) is 0 Å². The molecule has 0 spiro atoms. The Morgan fingerprint density at radius 1 is 1.31 bits per heavy atom. The summed E-state index contributed by atoms with van der Waals surface area (Å²) in [4.78, 5) is 13.3. The fourth-order valence-electron chi connectivity index (χ4n) is 2.00. The van der Waals surface area contributed by atoms with Gasteiger partial charge in [0.25, 0.3) is 0 Å². The summed E-state index contributed by atoms with van der Waals surface area (Å²) in [6, 6.07) is 1.77. The lowest BCUT2D eigenvalue weighted by Gasteiger charge is -2.14.